The molecular formula is C29H45N5S. The van der Waals surface area contributed by atoms with Gasteiger partial charge >= 0.3 is 0 Å². The number of nitrogens with zero attached hydrogens (tertiary/aromatic N) is 3. The molecule has 2 N–H and O–H groups in total. The molecule has 0 aliphatic carbocycles. The van der Waals surface area contributed by atoms with Gasteiger partial charge in [-0.3, -0.25) is 4.90 Å². The number of anilines is 4. The SMILES string of the molecule is CCCCCC(C)(C)N1CN(c2ccc(NC(C)C)cc2)C(=S)N(c2ccc(NC(C)C)cc2)C1. The zero-order chi connectivity index (χ0) is 25.6. The van der Waals surface area contributed by atoms with Gasteiger partial charge in [0.15, 0.2) is 5.11 Å². The van der Waals surface area contributed by atoms with Gasteiger partial charge in [0.05, 0.1) is 13.3 Å². The van der Waals surface area contributed by atoms with E-state index in [1.807, 2.05) is 0 Å². The van der Waals surface area contributed by atoms with E-state index in [9.17, 15) is 0 Å². The van der Waals surface area contributed by atoms with Gasteiger partial charge in [0, 0.05) is 40.4 Å². The van der Waals surface area contributed by atoms with E-state index in [0.29, 0.717) is 12.1 Å². The van der Waals surface area contributed by atoms with E-state index >= 15 is 0 Å². The van der Waals surface area contributed by atoms with E-state index in [1.165, 1.54) is 25.7 Å². The quantitative estimate of drug-likeness (QED) is 0.248. The Balaban J connectivity index is 1.90. The average Bonchev–Trinajstić information content (AvgIpc) is 2.80. The van der Waals surface area contributed by atoms with Crippen LogP contribution >= 0.6 is 12.2 Å². The first-order valence-corrected chi connectivity index (χ1v) is 13.6. The molecule has 0 atom stereocenters. The van der Waals surface area contributed by atoms with Crippen LogP contribution in [0.15, 0.2) is 48.5 Å². The fourth-order valence-corrected chi connectivity index (χ4v) is 4.85. The van der Waals surface area contributed by atoms with Crippen molar-refractivity contribution in [2.24, 2.45) is 0 Å². The number of rotatable bonds is 11. The third kappa shape index (κ3) is 7.34. The van der Waals surface area contributed by atoms with Crippen LogP contribution in [0.25, 0.3) is 0 Å². The molecule has 0 spiro atoms. The third-order valence-corrected chi connectivity index (χ3v) is 7.04. The first-order chi connectivity index (χ1) is 16.6. The van der Waals surface area contributed by atoms with Gasteiger partial charge in [-0.05, 0) is 109 Å². The Kier molecular flexibility index (Phi) is 9.42. The smallest absolute Gasteiger partial charge is 0.182 e. The highest BCUT2D eigenvalue weighted by molar-refractivity contribution is 7.80. The summed E-state index contributed by atoms with van der Waals surface area (Å²) in [7, 11) is 0. The summed E-state index contributed by atoms with van der Waals surface area (Å²) < 4.78 is 0. The zero-order valence-corrected chi connectivity index (χ0v) is 23.6. The van der Waals surface area contributed by atoms with Crippen molar-refractivity contribution < 1.29 is 0 Å². The molecule has 0 radical (unpaired) electrons. The summed E-state index contributed by atoms with van der Waals surface area (Å²) in [6.45, 7) is 17.2. The van der Waals surface area contributed by atoms with Crippen LogP contribution in [-0.4, -0.2) is 41.0 Å². The first-order valence-electron chi connectivity index (χ1n) is 13.2. The van der Waals surface area contributed by atoms with Crippen LogP contribution in [0, 0.1) is 0 Å². The van der Waals surface area contributed by atoms with Gasteiger partial charge in [-0.2, -0.15) is 0 Å². The lowest BCUT2D eigenvalue weighted by Crippen LogP contribution is -2.63. The first kappa shape index (κ1) is 27.3. The normalized spacial score (nSPS) is 15.3. The van der Waals surface area contributed by atoms with Gasteiger partial charge in [0.1, 0.15) is 0 Å². The van der Waals surface area contributed by atoms with Crippen LogP contribution < -0.4 is 20.4 Å². The Labute approximate surface area is 218 Å². The molecule has 1 aliphatic heterocycles. The van der Waals surface area contributed by atoms with Gasteiger partial charge in [-0.15, -0.1) is 0 Å². The molecular weight excluding hydrogens is 450 g/mol. The molecule has 0 bridgehead atoms. The van der Waals surface area contributed by atoms with Gasteiger partial charge in [0.2, 0.25) is 0 Å². The Morgan fingerprint density at radius 2 is 1.20 bits per heavy atom. The molecule has 192 valence electrons. The van der Waals surface area contributed by atoms with E-state index in [4.69, 9.17) is 12.2 Å². The second-order valence-corrected chi connectivity index (χ2v) is 11.3. The summed E-state index contributed by atoms with van der Waals surface area (Å²) in [4.78, 5) is 7.12. The van der Waals surface area contributed by atoms with Crippen molar-refractivity contribution in [1.82, 2.24) is 4.90 Å². The molecule has 0 aromatic heterocycles. The Morgan fingerprint density at radius 3 is 1.57 bits per heavy atom. The topological polar surface area (TPSA) is 33.8 Å². The number of hydrogen-bond acceptors (Lipinski definition) is 4. The molecule has 5 nitrogen and oxygen atoms in total. The number of unbranched alkanes of at least 4 members (excludes halogenated alkanes) is 2. The maximum atomic E-state index is 6.09. The molecule has 1 aliphatic rings. The molecule has 1 heterocycles. The number of hydrogen-bond donors (Lipinski definition) is 2. The maximum absolute atomic E-state index is 6.09. The largest absolute Gasteiger partial charge is 0.383 e. The Hall–Kier alpha value is -2.31. The lowest BCUT2D eigenvalue weighted by atomic mass is 9.94. The van der Waals surface area contributed by atoms with E-state index in [1.54, 1.807) is 0 Å². The molecule has 35 heavy (non-hydrogen) atoms. The van der Waals surface area contributed by atoms with Crippen LogP contribution in [-0.2, 0) is 0 Å². The highest BCUT2D eigenvalue weighted by Gasteiger charge is 2.36. The standard InChI is InChI=1S/C29H45N5S/c1-8-9-10-19-29(6,7)32-20-33(26-15-11-24(12-16-26)30-22(2)3)28(35)34(21-32)27-17-13-25(14-18-27)31-23(4)5/h11-18,22-23,30-31H,8-10,19-21H2,1-7H3. The average molecular weight is 496 g/mol. The summed E-state index contributed by atoms with van der Waals surface area (Å²) >= 11 is 6.09. The van der Waals surface area contributed by atoms with Gasteiger partial charge in [0.25, 0.3) is 0 Å². The minimum Gasteiger partial charge on any atom is -0.383 e. The minimum absolute atomic E-state index is 0.0694. The lowest BCUT2D eigenvalue weighted by Gasteiger charge is -2.50. The maximum Gasteiger partial charge on any atom is 0.182 e. The number of benzene rings is 2. The molecule has 0 saturated carbocycles. The molecule has 2 aromatic rings. The lowest BCUT2D eigenvalue weighted by molar-refractivity contribution is 0.109. The predicted molar refractivity (Wildman–Crippen MR) is 158 cm³/mol. The minimum atomic E-state index is 0.0694. The highest BCUT2D eigenvalue weighted by atomic mass is 32.1. The summed E-state index contributed by atoms with van der Waals surface area (Å²) in [5.74, 6) is 0. The summed E-state index contributed by atoms with van der Waals surface area (Å²) in [5.41, 5.74) is 4.59. The predicted octanol–water partition coefficient (Wildman–Crippen LogP) is 7.51. The van der Waals surface area contributed by atoms with Gasteiger partial charge in [-0.1, -0.05) is 26.2 Å². The van der Waals surface area contributed by atoms with E-state index in [-0.39, 0.29) is 5.54 Å². The van der Waals surface area contributed by atoms with Crippen LogP contribution in [0.4, 0.5) is 22.7 Å². The second-order valence-electron chi connectivity index (χ2n) is 10.9. The van der Waals surface area contributed by atoms with Gasteiger partial charge in [-0.25, -0.2) is 0 Å². The molecule has 1 fully saturated rings. The van der Waals surface area contributed by atoms with Crippen molar-refractivity contribution in [2.45, 2.75) is 91.8 Å². The second kappa shape index (κ2) is 12.1. The van der Waals surface area contributed by atoms with Crippen molar-refractivity contribution in [3.63, 3.8) is 0 Å². The van der Waals surface area contributed by atoms with Crippen molar-refractivity contribution in [1.29, 1.82) is 0 Å². The van der Waals surface area contributed by atoms with Crippen molar-refractivity contribution in [3.8, 4) is 0 Å². The molecule has 0 amide bonds. The summed E-state index contributed by atoms with van der Waals surface area (Å²) in [6.07, 6.45) is 4.93. The van der Waals surface area contributed by atoms with Gasteiger partial charge < -0.3 is 20.4 Å². The molecule has 2 aromatic carbocycles. The van der Waals surface area contributed by atoms with E-state index in [0.717, 1.165) is 41.2 Å². The Bertz CT molecular complexity index is 871. The van der Waals surface area contributed by atoms with Crippen LogP contribution in [0.5, 0.6) is 0 Å². The number of nitrogens with one attached hydrogen (secondary N) is 2. The van der Waals surface area contributed by atoms with Crippen LogP contribution in [0.2, 0.25) is 0 Å². The van der Waals surface area contributed by atoms with Crippen LogP contribution in [0.3, 0.4) is 0 Å². The fraction of sp³-hybridized carbons (Fsp3) is 0.552. The summed E-state index contributed by atoms with van der Waals surface area (Å²) in [5, 5.41) is 7.81. The number of thiocarbonyl (C=S) groups is 1. The molecule has 0 unspecified atom stereocenters. The molecule has 6 heteroatoms. The highest BCUT2D eigenvalue weighted by Crippen LogP contribution is 2.32. The zero-order valence-electron chi connectivity index (χ0n) is 22.8. The monoisotopic (exact) mass is 495 g/mol. The van der Waals surface area contributed by atoms with Crippen molar-refractivity contribution in [3.05, 3.63) is 48.5 Å². The van der Waals surface area contributed by atoms with E-state index < -0.39 is 0 Å². The third-order valence-electron chi connectivity index (χ3n) is 6.60. The Morgan fingerprint density at radius 1 is 0.771 bits per heavy atom. The molecule has 3 rings (SSSR count). The van der Waals surface area contributed by atoms with Crippen molar-refractivity contribution >= 4 is 40.1 Å². The fourth-order valence-electron chi connectivity index (χ4n) is 4.53. The van der Waals surface area contributed by atoms with Crippen LogP contribution in [0.1, 0.15) is 74.1 Å². The molecule has 1 saturated heterocycles. The van der Waals surface area contributed by atoms with E-state index in [2.05, 4.69) is 122 Å². The summed E-state index contributed by atoms with van der Waals surface area (Å²) in [6, 6.07) is 18.1. The van der Waals surface area contributed by atoms with Crippen molar-refractivity contribution in [2.75, 3.05) is 33.8 Å².